The van der Waals surface area contributed by atoms with Crippen LogP contribution in [0.25, 0.3) is 0 Å². The van der Waals surface area contributed by atoms with E-state index in [9.17, 15) is 0 Å². The summed E-state index contributed by atoms with van der Waals surface area (Å²) >= 11 is 0. The van der Waals surface area contributed by atoms with Gasteiger partial charge in [0.1, 0.15) is 0 Å². The van der Waals surface area contributed by atoms with Crippen molar-refractivity contribution in [2.45, 2.75) is 26.2 Å². The zero-order chi connectivity index (χ0) is 7.28. The molecular weight excluding hydrogens is 110 g/mol. The van der Waals surface area contributed by atoms with Crippen molar-refractivity contribution in [3.8, 4) is 0 Å². The van der Waals surface area contributed by atoms with E-state index in [0.717, 1.165) is 5.92 Å². The summed E-state index contributed by atoms with van der Waals surface area (Å²) in [7, 11) is 6.00. The predicted octanol–water partition coefficient (Wildman–Crippen LogP) is 1.98. The molecule has 1 aliphatic rings. The summed E-state index contributed by atoms with van der Waals surface area (Å²) in [6.07, 6.45) is 4.46. The molecule has 0 spiro atoms. The fourth-order valence-electron chi connectivity index (χ4n) is 0.612. The SMILES string of the molecule is CC1CCC1.CN(C)C. The maximum atomic E-state index is 2.31. The summed E-state index contributed by atoms with van der Waals surface area (Å²) in [6.45, 7) is 2.31. The number of nitrogens with zero attached hydrogens (tertiary/aromatic N) is 1. The molecule has 0 radical (unpaired) electrons. The van der Waals surface area contributed by atoms with Gasteiger partial charge in [0, 0.05) is 0 Å². The first-order valence-corrected chi connectivity index (χ1v) is 3.74. The average molecular weight is 129 g/mol. The molecule has 1 fully saturated rings. The summed E-state index contributed by atoms with van der Waals surface area (Å²) < 4.78 is 0. The summed E-state index contributed by atoms with van der Waals surface area (Å²) in [6, 6.07) is 0. The summed E-state index contributed by atoms with van der Waals surface area (Å²) in [5.41, 5.74) is 0. The molecule has 56 valence electrons. The van der Waals surface area contributed by atoms with Gasteiger partial charge in [0.05, 0.1) is 0 Å². The molecule has 1 rings (SSSR count). The van der Waals surface area contributed by atoms with Crippen molar-refractivity contribution in [1.82, 2.24) is 4.90 Å². The maximum Gasteiger partial charge on any atom is -0.0140 e. The van der Waals surface area contributed by atoms with Gasteiger partial charge in [-0.2, -0.15) is 0 Å². The first kappa shape index (κ1) is 8.96. The van der Waals surface area contributed by atoms with Crippen LogP contribution in [0.5, 0.6) is 0 Å². The number of hydrogen-bond acceptors (Lipinski definition) is 1. The third-order valence-corrected chi connectivity index (χ3v) is 1.39. The van der Waals surface area contributed by atoms with E-state index in [-0.39, 0.29) is 0 Å². The van der Waals surface area contributed by atoms with Crippen LogP contribution in [0.2, 0.25) is 0 Å². The van der Waals surface area contributed by atoms with Crippen LogP contribution in [0, 0.1) is 5.92 Å². The highest BCUT2D eigenvalue weighted by Gasteiger charge is 2.09. The highest BCUT2D eigenvalue weighted by Crippen LogP contribution is 2.24. The van der Waals surface area contributed by atoms with Crippen LogP contribution in [0.15, 0.2) is 0 Å². The Hall–Kier alpha value is -0.0400. The monoisotopic (exact) mass is 129 g/mol. The Morgan fingerprint density at radius 1 is 1.11 bits per heavy atom. The molecule has 0 atom stereocenters. The van der Waals surface area contributed by atoms with E-state index in [1.165, 1.54) is 19.3 Å². The molecule has 1 aliphatic carbocycles. The van der Waals surface area contributed by atoms with Crippen molar-refractivity contribution in [2.75, 3.05) is 21.1 Å². The van der Waals surface area contributed by atoms with E-state index in [1.807, 2.05) is 26.0 Å². The highest BCUT2D eigenvalue weighted by molar-refractivity contribution is 4.62. The number of hydrogen-bond donors (Lipinski definition) is 0. The molecular formula is C8H19N. The average Bonchev–Trinajstić information content (AvgIpc) is 1.59. The van der Waals surface area contributed by atoms with Gasteiger partial charge in [-0.25, -0.2) is 0 Å². The molecule has 0 aromatic rings. The molecule has 1 nitrogen and oxygen atoms in total. The second-order valence-corrected chi connectivity index (χ2v) is 3.38. The fourth-order valence-corrected chi connectivity index (χ4v) is 0.612. The minimum absolute atomic E-state index is 1.06. The molecule has 0 N–H and O–H groups in total. The summed E-state index contributed by atoms with van der Waals surface area (Å²) in [4.78, 5) is 2.00. The Morgan fingerprint density at radius 3 is 1.33 bits per heavy atom. The van der Waals surface area contributed by atoms with Crippen LogP contribution in [-0.4, -0.2) is 26.0 Å². The zero-order valence-electron chi connectivity index (χ0n) is 7.15. The van der Waals surface area contributed by atoms with Crippen molar-refractivity contribution in [3.63, 3.8) is 0 Å². The molecule has 9 heavy (non-hydrogen) atoms. The van der Waals surface area contributed by atoms with E-state index in [1.54, 1.807) is 0 Å². The molecule has 0 aromatic heterocycles. The largest absolute Gasteiger partial charge is 0.312 e. The normalized spacial score (nSPS) is 18.3. The highest BCUT2D eigenvalue weighted by atomic mass is 15.0. The van der Waals surface area contributed by atoms with Gasteiger partial charge in [0.25, 0.3) is 0 Å². The molecule has 0 saturated heterocycles. The van der Waals surface area contributed by atoms with Gasteiger partial charge in [0.15, 0.2) is 0 Å². The minimum Gasteiger partial charge on any atom is -0.312 e. The van der Waals surface area contributed by atoms with E-state index in [2.05, 4.69) is 6.92 Å². The third kappa shape index (κ3) is 7.96. The van der Waals surface area contributed by atoms with Crippen LogP contribution in [0.1, 0.15) is 26.2 Å². The second kappa shape index (κ2) is 4.80. The first-order valence-electron chi connectivity index (χ1n) is 3.74. The second-order valence-electron chi connectivity index (χ2n) is 3.38. The third-order valence-electron chi connectivity index (χ3n) is 1.39. The van der Waals surface area contributed by atoms with Gasteiger partial charge in [-0.1, -0.05) is 26.2 Å². The lowest BCUT2D eigenvalue weighted by Crippen LogP contribution is -2.04. The Balaban J connectivity index is 0.000000148. The summed E-state index contributed by atoms with van der Waals surface area (Å²) in [5, 5.41) is 0. The van der Waals surface area contributed by atoms with Gasteiger partial charge < -0.3 is 4.90 Å². The lowest BCUT2D eigenvalue weighted by atomic mass is 9.88. The van der Waals surface area contributed by atoms with E-state index in [0.29, 0.717) is 0 Å². The molecule has 0 heterocycles. The lowest BCUT2D eigenvalue weighted by molar-refractivity contribution is 0.346. The van der Waals surface area contributed by atoms with Gasteiger partial charge in [-0.15, -0.1) is 0 Å². The molecule has 0 aliphatic heterocycles. The van der Waals surface area contributed by atoms with E-state index >= 15 is 0 Å². The van der Waals surface area contributed by atoms with Crippen molar-refractivity contribution in [1.29, 1.82) is 0 Å². The lowest BCUT2D eigenvalue weighted by Gasteiger charge is -2.18. The van der Waals surface area contributed by atoms with Gasteiger partial charge in [-0.3, -0.25) is 0 Å². The van der Waals surface area contributed by atoms with Crippen molar-refractivity contribution >= 4 is 0 Å². The van der Waals surface area contributed by atoms with E-state index < -0.39 is 0 Å². The van der Waals surface area contributed by atoms with Crippen LogP contribution >= 0.6 is 0 Å². The minimum atomic E-state index is 1.06. The molecule has 1 saturated carbocycles. The van der Waals surface area contributed by atoms with Crippen LogP contribution in [0.4, 0.5) is 0 Å². The number of rotatable bonds is 0. The smallest absolute Gasteiger partial charge is 0.0140 e. The Morgan fingerprint density at radius 2 is 1.33 bits per heavy atom. The molecule has 0 amide bonds. The van der Waals surface area contributed by atoms with Crippen LogP contribution in [0.3, 0.4) is 0 Å². The van der Waals surface area contributed by atoms with Gasteiger partial charge in [-0.05, 0) is 27.1 Å². The van der Waals surface area contributed by atoms with Crippen molar-refractivity contribution in [3.05, 3.63) is 0 Å². The van der Waals surface area contributed by atoms with Gasteiger partial charge in [0.2, 0.25) is 0 Å². The summed E-state index contributed by atoms with van der Waals surface area (Å²) in [5.74, 6) is 1.06. The van der Waals surface area contributed by atoms with Crippen LogP contribution in [-0.2, 0) is 0 Å². The topological polar surface area (TPSA) is 3.24 Å². The van der Waals surface area contributed by atoms with Crippen molar-refractivity contribution < 1.29 is 0 Å². The zero-order valence-corrected chi connectivity index (χ0v) is 7.15. The van der Waals surface area contributed by atoms with E-state index in [4.69, 9.17) is 0 Å². The molecule has 0 unspecified atom stereocenters. The van der Waals surface area contributed by atoms with Crippen LogP contribution < -0.4 is 0 Å². The first-order chi connectivity index (χ1) is 4.13. The van der Waals surface area contributed by atoms with Gasteiger partial charge >= 0.3 is 0 Å². The standard InChI is InChI=1S/C5H10.C3H9N/c1-5-3-2-4-5;1-4(2)3/h5H,2-4H2,1H3;1-3H3. The quantitative estimate of drug-likeness (QED) is 0.483. The predicted molar refractivity (Wildman–Crippen MR) is 42.6 cm³/mol. The molecule has 1 heteroatoms. The maximum absolute atomic E-state index is 2.31. The molecule has 0 aromatic carbocycles. The fraction of sp³-hybridized carbons (Fsp3) is 1.00. The van der Waals surface area contributed by atoms with Crippen molar-refractivity contribution in [2.24, 2.45) is 5.92 Å². The Kier molecular flexibility index (Phi) is 4.78. The Labute approximate surface area is 59.1 Å². The Bertz CT molecular complexity index is 52.8. The molecule has 0 bridgehead atoms.